The van der Waals surface area contributed by atoms with Gasteiger partial charge in [0.25, 0.3) is 0 Å². The van der Waals surface area contributed by atoms with Crippen molar-refractivity contribution in [2.24, 2.45) is 17.8 Å². The van der Waals surface area contributed by atoms with E-state index in [0.717, 1.165) is 35.6 Å². The van der Waals surface area contributed by atoms with Crippen molar-refractivity contribution in [3.05, 3.63) is 0 Å². The van der Waals surface area contributed by atoms with E-state index in [1.165, 1.54) is 31.4 Å². The van der Waals surface area contributed by atoms with Gasteiger partial charge in [0.15, 0.2) is 0 Å². The standard InChI is InChI=1S/C16H29NS/c1-2-17-15(16-5-3-4-8-18-16)11-14-10-12-6-7-13(14)9-12/h12-17H,2-11H2,1H3. The van der Waals surface area contributed by atoms with Crippen LogP contribution in [0.5, 0.6) is 0 Å². The Morgan fingerprint density at radius 3 is 2.72 bits per heavy atom. The van der Waals surface area contributed by atoms with Crippen LogP contribution in [0.15, 0.2) is 0 Å². The SMILES string of the molecule is CCNC(CC1CC2CCC1C2)C1CCCCS1. The Labute approximate surface area is 117 Å². The molecule has 1 heterocycles. The van der Waals surface area contributed by atoms with Gasteiger partial charge in [0, 0.05) is 11.3 Å². The molecular formula is C16H29NS. The van der Waals surface area contributed by atoms with Crippen LogP contribution in [-0.4, -0.2) is 23.6 Å². The minimum absolute atomic E-state index is 0.810. The van der Waals surface area contributed by atoms with Crippen molar-refractivity contribution < 1.29 is 0 Å². The zero-order valence-electron chi connectivity index (χ0n) is 11.9. The van der Waals surface area contributed by atoms with Crippen LogP contribution in [0.1, 0.15) is 58.3 Å². The first-order valence-corrected chi connectivity index (χ1v) is 9.26. The Hall–Kier alpha value is 0.310. The second kappa shape index (κ2) is 6.17. The monoisotopic (exact) mass is 267 g/mol. The molecule has 0 amide bonds. The Morgan fingerprint density at radius 2 is 2.11 bits per heavy atom. The van der Waals surface area contributed by atoms with E-state index in [1.807, 2.05) is 0 Å². The predicted molar refractivity (Wildman–Crippen MR) is 81.1 cm³/mol. The summed E-state index contributed by atoms with van der Waals surface area (Å²) in [5, 5.41) is 4.73. The van der Waals surface area contributed by atoms with Crippen LogP contribution in [0.25, 0.3) is 0 Å². The molecule has 18 heavy (non-hydrogen) atoms. The third-order valence-corrected chi connectivity index (χ3v) is 7.09. The van der Waals surface area contributed by atoms with E-state index in [0.29, 0.717) is 0 Å². The molecule has 1 saturated heterocycles. The van der Waals surface area contributed by atoms with Gasteiger partial charge in [-0.05, 0) is 68.6 Å². The molecule has 3 rings (SSSR count). The van der Waals surface area contributed by atoms with Gasteiger partial charge < -0.3 is 5.32 Å². The van der Waals surface area contributed by atoms with Crippen molar-refractivity contribution in [1.82, 2.24) is 5.32 Å². The fourth-order valence-corrected chi connectivity index (χ4v) is 6.15. The van der Waals surface area contributed by atoms with Crippen LogP contribution < -0.4 is 5.32 Å². The highest BCUT2D eigenvalue weighted by Gasteiger charge is 2.41. The van der Waals surface area contributed by atoms with Gasteiger partial charge in [-0.1, -0.05) is 19.8 Å². The molecular weight excluding hydrogens is 238 g/mol. The topological polar surface area (TPSA) is 12.0 Å². The van der Waals surface area contributed by atoms with Crippen LogP contribution in [0.2, 0.25) is 0 Å². The largest absolute Gasteiger partial charge is 0.313 e. The smallest absolute Gasteiger partial charge is 0.0201 e. The van der Waals surface area contributed by atoms with E-state index in [2.05, 4.69) is 24.0 Å². The number of hydrogen-bond acceptors (Lipinski definition) is 2. The summed E-state index contributed by atoms with van der Waals surface area (Å²) in [6.45, 7) is 3.43. The van der Waals surface area contributed by atoms with Crippen molar-refractivity contribution in [2.75, 3.05) is 12.3 Å². The summed E-state index contributed by atoms with van der Waals surface area (Å²) in [6, 6.07) is 0.810. The minimum Gasteiger partial charge on any atom is -0.313 e. The van der Waals surface area contributed by atoms with E-state index in [9.17, 15) is 0 Å². The molecule has 5 unspecified atom stereocenters. The van der Waals surface area contributed by atoms with Crippen LogP contribution >= 0.6 is 11.8 Å². The highest BCUT2D eigenvalue weighted by atomic mass is 32.2. The minimum atomic E-state index is 0.810. The third-order valence-electron chi connectivity index (χ3n) is 5.57. The molecule has 3 fully saturated rings. The molecule has 1 N–H and O–H groups in total. The van der Waals surface area contributed by atoms with Crippen LogP contribution in [-0.2, 0) is 0 Å². The Kier molecular flexibility index (Phi) is 4.56. The van der Waals surface area contributed by atoms with E-state index >= 15 is 0 Å². The average Bonchev–Trinajstić information content (AvgIpc) is 3.01. The summed E-state index contributed by atoms with van der Waals surface area (Å²) >= 11 is 2.25. The molecule has 104 valence electrons. The summed E-state index contributed by atoms with van der Waals surface area (Å²) in [5.41, 5.74) is 0. The van der Waals surface area contributed by atoms with E-state index in [-0.39, 0.29) is 0 Å². The van der Waals surface area contributed by atoms with Gasteiger partial charge in [0.1, 0.15) is 0 Å². The molecule has 0 aromatic rings. The van der Waals surface area contributed by atoms with E-state index in [4.69, 9.17) is 0 Å². The highest BCUT2D eigenvalue weighted by molar-refractivity contribution is 8.00. The van der Waals surface area contributed by atoms with Gasteiger partial charge in [-0.25, -0.2) is 0 Å². The van der Waals surface area contributed by atoms with Gasteiger partial charge in [-0.2, -0.15) is 11.8 Å². The quantitative estimate of drug-likeness (QED) is 0.805. The zero-order chi connectivity index (χ0) is 12.4. The molecule has 0 radical (unpaired) electrons. The molecule has 2 saturated carbocycles. The molecule has 2 heteroatoms. The zero-order valence-corrected chi connectivity index (χ0v) is 12.7. The highest BCUT2D eigenvalue weighted by Crippen LogP contribution is 2.50. The van der Waals surface area contributed by atoms with Crippen molar-refractivity contribution in [3.63, 3.8) is 0 Å². The summed E-state index contributed by atoms with van der Waals surface area (Å²) in [7, 11) is 0. The maximum absolute atomic E-state index is 3.82. The lowest BCUT2D eigenvalue weighted by Gasteiger charge is -2.34. The van der Waals surface area contributed by atoms with Gasteiger partial charge in [-0.3, -0.25) is 0 Å². The lowest BCUT2D eigenvalue weighted by Crippen LogP contribution is -2.41. The number of hydrogen-bond donors (Lipinski definition) is 1. The lowest BCUT2D eigenvalue weighted by atomic mass is 9.83. The molecule has 0 aromatic heterocycles. The molecule has 0 spiro atoms. The third kappa shape index (κ3) is 2.90. The second-order valence-corrected chi connectivity index (χ2v) is 8.09. The fourth-order valence-electron chi connectivity index (χ4n) is 4.70. The van der Waals surface area contributed by atoms with Crippen molar-refractivity contribution in [2.45, 2.75) is 69.6 Å². The van der Waals surface area contributed by atoms with Gasteiger partial charge in [-0.15, -0.1) is 0 Å². The molecule has 1 nitrogen and oxygen atoms in total. The molecule has 0 aromatic carbocycles. The predicted octanol–water partition coefficient (Wildman–Crippen LogP) is 4.08. The number of rotatable bonds is 5. The van der Waals surface area contributed by atoms with Crippen molar-refractivity contribution >= 4 is 11.8 Å². The number of thioether (sulfide) groups is 1. The first-order chi connectivity index (χ1) is 8.86. The van der Waals surface area contributed by atoms with Gasteiger partial charge in [0.2, 0.25) is 0 Å². The number of fused-ring (bicyclic) bond motifs is 2. The number of nitrogens with one attached hydrogen (secondary N) is 1. The molecule has 3 aliphatic rings. The summed E-state index contributed by atoms with van der Waals surface area (Å²) in [4.78, 5) is 0. The van der Waals surface area contributed by atoms with Crippen LogP contribution in [0.4, 0.5) is 0 Å². The first-order valence-electron chi connectivity index (χ1n) is 8.21. The Bertz CT molecular complexity index is 262. The van der Waals surface area contributed by atoms with Crippen molar-refractivity contribution in [1.29, 1.82) is 0 Å². The molecule has 2 aliphatic carbocycles. The normalized spacial score (nSPS) is 41.2. The lowest BCUT2D eigenvalue weighted by molar-refractivity contribution is 0.272. The Balaban J connectivity index is 1.55. The van der Waals surface area contributed by atoms with Gasteiger partial charge >= 0.3 is 0 Å². The van der Waals surface area contributed by atoms with E-state index in [1.54, 1.807) is 25.7 Å². The molecule has 5 atom stereocenters. The second-order valence-electron chi connectivity index (χ2n) is 6.74. The van der Waals surface area contributed by atoms with E-state index < -0.39 is 0 Å². The maximum Gasteiger partial charge on any atom is 0.0201 e. The summed E-state index contributed by atoms with van der Waals surface area (Å²) in [5.74, 6) is 4.69. The molecule has 1 aliphatic heterocycles. The van der Waals surface area contributed by atoms with Crippen LogP contribution in [0, 0.1) is 17.8 Å². The summed E-state index contributed by atoms with van der Waals surface area (Å²) in [6.07, 6.45) is 12.1. The average molecular weight is 267 g/mol. The summed E-state index contributed by atoms with van der Waals surface area (Å²) < 4.78 is 0. The van der Waals surface area contributed by atoms with Crippen molar-refractivity contribution in [3.8, 4) is 0 Å². The maximum atomic E-state index is 3.82. The fraction of sp³-hybridized carbons (Fsp3) is 1.00. The van der Waals surface area contributed by atoms with Gasteiger partial charge in [0.05, 0.1) is 0 Å². The Morgan fingerprint density at radius 1 is 1.17 bits per heavy atom. The molecule has 2 bridgehead atoms. The first kappa shape index (κ1) is 13.3. The van der Waals surface area contributed by atoms with Crippen LogP contribution in [0.3, 0.4) is 0 Å².